The van der Waals surface area contributed by atoms with Crippen LogP contribution in [0.1, 0.15) is 55.7 Å². The lowest BCUT2D eigenvalue weighted by Crippen LogP contribution is -2.37. The van der Waals surface area contributed by atoms with Gasteiger partial charge in [0.15, 0.2) is 5.82 Å². The predicted octanol–water partition coefficient (Wildman–Crippen LogP) is 0.744. The van der Waals surface area contributed by atoms with Crippen molar-refractivity contribution in [2.24, 2.45) is 0 Å². The number of nitrogens with two attached hydrogens (primary N) is 1. The van der Waals surface area contributed by atoms with Gasteiger partial charge in [-0.15, -0.1) is 0 Å². The Bertz CT molecular complexity index is 2350. The van der Waals surface area contributed by atoms with Crippen molar-refractivity contribution < 1.29 is 18.5 Å². The minimum absolute atomic E-state index is 0.00436. The van der Waals surface area contributed by atoms with Crippen LogP contribution in [-0.4, -0.2) is 41.5 Å². The second kappa shape index (κ2) is 11.4. The normalized spacial score (nSPS) is 13.9. The zero-order chi connectivity index (χ0) is 32.8. The second-order valence-corrected chi connectivity index (χ2v) is 10.8. The van der Waals surface area contributed by atoms with E-state index in [0.29, 0.717) is 29.8 Å². The highest BCUT2D eigenvalue weighted by Gasteiger charge is 2.27. The first-order valence-electron chi connectivity index (χ1n) is 14.2. The number of aromatic amines is 1. The summed E-state index contributed by atoms with van der Waals surface area (Å²) in [5, 5.41) is 16.1. The Morgan fingerprint density at radius 3 is 2.70 bits per heavy atom. The number of halogens is 1. The topological polar surface area (TPSA) is 232 Å². The number of nitrogens with one attached hydrogen (secondary N) is 4. The summed E-state index contributed by atoms with van der Waals surface area (Å²) in [6.45, 7) is -0.127. The Morgan fingerprint density at radius 1 is 1.06 bits per heavy atom. The maximum Gasteiger partial charge on any atom is 0.439 e. The molecule has 0 fully saturated rings. The van der Waals surface area contributed by atoms with Gasteiger partial charge in [-0.3, -0.25) is 28.7 Å². The number of aryl methyl sites for hydroxylation is 1. The molecule has 236 valence electrons. The highest BCUT2D eigenvalue weighted by molar-refractivity contribution is 5.98. The van der Waals surface area contributed by atoms with Crippen molar-refractivity contribution in [3.63, 3.8) is 0 Å². The Hall–Kier alpha value is -6.52. The van der Waals surface area contributed by atoms with E-state index in [1.54, 1.807) is 6.07 Å². The van der Waals surface area contributed by atoms with E-state index in [2.05, 4.69) is 45.7 Å². The van der Waals surface area contributed by atoms with Crippen molar-refractivity contribution in [1.82, 2.24) is 40.4 Å². The average molecular weight is 639 g/mol. The first-order chi connectivity index (χ1) is 22.7. The van der Waals surface area contributed by atoms with Crippen LogP contribution in [-0.2, 0) is 19.5 Å². The van der Waals surface area contributed by atoms with Gasteiger partial charge in [-0.1, -0.05) is 23.4 Å². The van der Waals surface area contributed by atoms with Crippen LogP contribution in [0.25, 0.3) is 17.2 Å². The molecule has 0 aliphatic heterocycles. The molecule has 0 bridgehead atoms. The summed E-state index contributed by atoms with van der Waals surface area (Å²) in [7, 11) is 0. The first kappa shape index (κ1) is 29.2. The Balaban J connectivity index is 1.05. The zero-order valence-electron chi connectivity index (χ0n) is 24.2. The number of amides is 2. The number of carbonyl (C=O) groups is 2. The largest absolute Gasteiger partial charge is 0.439 e. The van der Waals surface area contributed by atoms with Crippen LogP contribution in [0.15, 0.2) is 67.7 Å². The van der Waals surface area contributed by atoms with Gasteiger partial charge in [-0.25, -0.2) is 14.2 Å². The van der Waals surface area contributed by atoms with Crippen molar-refractivity contribution in [2.75, 3.05) is 11.1 Å². The first-order valence-corrected chi connectivity index (χ1v) is 14.2. The molecule has 3 heterocycles. The average Bonchev–Trinajstić information content (AvgIpc) is 3.84. The van der Waals surface area contributed by atoms with Crippen LogP contribution in [0.5, 0.6) is 0 Å². The second-order valence-electron chi connectivity index (χ2n) is 10.8. The van der Waals surface area contributed by atoms with E-state index in [1.807, 2.05) is 12.1 Å². The van der Waals surface area contributed by atoms with Gasteiger partial charge in [-0.2, -0.15) is 14.6 Å². The van der Waals surface area contributed by atoms with E-state index in [9.17, 15) is 28.4 Å². The SMILES string of the molecule is Nc1c(NCc2cc(CNC(=O)c3cc(C(=O)N[C@H]4CCc5cc(-c6noc(=O)[nH]6)ccc54)nc4ncnn34)ccc2F)c(=O)c1=O. The highest BCUT2D eigenvalue weighted by Crippen LogP contribution is 2.33. The molecule has 1 aliphatic rings. The molecule has 3 aromatic heterocycles. The van der Waals surface area contributed by atoms with Crippen LogP contribution >= 0.6 is 0 Å². The fourth-order valence-corrected chi connectivity index (χ4v) is 5.51. The fraction of sp³-hybridized carbons (Fsp3) is 0.167. The number of fused-ring (bicyclic) bond motifs is 2. The number of nitrogen functional groups attached to an aromatic ring is 1. The standard InChI is InChI=1S/C30H23FN10O6/c31-18-5-1-13(7-16(18)11-33-23-22(32)24(42)25(23)43)10-34-28(45)21-9-20(38-29-35-12-36-41(21)29)27(44)37-19-6-3-14-8-15(2-4-17(14)19)26-39-30(46)47-40-26/h1-2,4-5,7-9,12,19,33H,3,6,10-11,32H2,(H,34,45)(H,37,44)(H,39,40,46)/t19-/m0/s1. The monoisotopic (exact) mass is 638 g/mol. The molecule has 47 heavy (non-hydrogen) atoms. The van der Waals surface area contributed by atoms with Crippen molar-refractivity contribution in [1.29, 1.82) is 0 Å². The van der Waals surface area contributed by atoms with Gasteiger partial charge in [-0.05, 0) is 47.7 Å². The predicted molar refractivity (Wildman–Crippen MR) is 163 cm³/mol. The lowest BCUT2D eigenvalue weighted by Gasteiger charge is -2.15. The molecular weight excluding hydrogens is 615 g/mol. The smallest absolute Gasteiger partial charge is 0.394 e. The molecule has 2 amide bonds. The van der Waals surface area contributed by atoms with Crippen LogP contribution in [0.4, 0.5) is 15.8 Å². The summed E-state index contributed by atoms with van der Waals surface area (Å²) in [6.07, 6.45) is 2.50. The van der Waals surface area contributed by atoms with Gasteiger partial charge < -0.3 is 21.7 Å². The summed E-state index contributed by atoms with van der Waals surface area (Å²) in [5.74, 6) is -1.99. The third-order valence-electron chi connectivity index (χ3n) is 7.92. The van der Waals surface area contributed by atoms with Gasteiger partial charge in [0.2, 0.25) is 0 Å². The van der Waals surface area contributed by atoms with Gasteiger partial charge in [0.1, 0.15) is 34.9 Å². The fourth-order valence-electron chi connectivity index (χ4n) is 5.51. The Kier molecular flexibility index (Phi) is 7.11. The van der Waals surface area contributed by atoms with Crippen LogP contribution in [0.3, 0.4) is 0 Å². The molecule has 0 saturated heterocycles. The number of anilines is 2. The maximum atomic E-state index is 14.4. The number of carbonyl (C=O) groups excluding carboxylic acids is 2. The summed E-state index contributed by atoms with van der Waals surface area (Å²) in [5.41, 5.74) is 6.93. The molecule has 0 unspecified atom stereocenters. The van der Waals surface area contributed by atoms with Crippen molar-refractivity contribution in [3.8, 4) is 11.4 Å². The number of hydrogen-bond donors (Lipinski definition) is 5. The number of H-pyrrole nitrogens is 1. The highest BCUT2D eigenvalue weighted by atomic mass is 19.1. The molecule has 6 aromatic rings. The molecule has 1 atom stereocenters. The van der Waals surface area contributed by atoms with E-state index in [4.69, 9.17) is 5.73 Å². The number of nitrogens with zero attached hydrogens (tertiary/aromatic N) is 5. The van der Waals surface area contributed by atoms with E-state index < -0.39 is 34.2 Å². The van der Waals surface area contributed by atoms with Gasteiger partial charge in [0.05, 0.1) is 6.04 Å². The third-order valence-corrected chi connectivity index (χ3v) is 7.92. The molecule has 0 radical (unpaired) electrons. The van der Waals surface area contributed by atoms with E-state index in [0.717, 1.165) is 11.1 Å². The molecule has 1 aliphatic carbocycles. The van der Waals surface area contributed by atoms with Gasteiger partial charge in [0, 0.05) is 30.3 Å². The summed E-state index contributed by atoms with van der Waals surface area (Å²) >= 11 is 0. The molecule has 16 nitrogen and oxygen atoms in total. The van der Waals surface area contributed by atoms with Gasteiger partial charge in [0.25, 0.3) is 28.4 Å². The Morgan fingerprint density at radius 2 is 1.91 bits per heavy atom. The lowest BCUT2D eigenvalue weighted by molar-refractivity contribution is 0.0931. The number of benzene rings is 2. The van der Waals surface area contributed by atoms with Gasteiger partial charge >= 0.3 is 5.76 Å². The molecular formula is C30H23FN10O6. The maximum absolute atomic E-state index is 14.4. The summed E-state index contributed by atoms with van der Waals surface area (Å²) in [6, 6.07) is 10.7. The van der Waals surface area contributed by atoms with Crippen LogP contribution in [0, 0.1) is 5.82 Å². The van der Waals surface area contributed by atoms with E-state index in [-0.39, 0.29) is 53.2 Å². The number of rotatable bonds is 9. The number of aromatic nitrogens is 6. The van der Waals surface area contributed by atoms with E-state index in [1.165, 1.54) is 35.1 Å². The molecule has 0 spiro atoms. The molecule has 0 saturated carbocycles. The zero-order valence-corrected chi connectivity index (χ0v) is 24.2. The summed E-state index contributed by atoms with van der Waals surface area (Å²) in [4.78, 5) is 71.8. The molecule has 3 aromatic carbocycles. The lowest BCUT2D eigenvalue weighted by atomic mass is 10.0. The Labute approximate surface area is 261 Å². The van der Waals surface area contributed by atoms with E-state index >= 15 is 0 Å². The van der Waals surface area contributed by atoms with Crippen molar-refractivity contribution in [2.45, 2.75) is 32.0 Å². The quantitative estimate of drug-likeness (QED) is 0.138. The summed E-state index contributed by atoms with van der Waals surface area (Å²) < 4.78 is 20.2. The van der Waals surface area contributed by atoms with Crippen molar-refractivity contribution in [3.05, 3.63) is 119 Å². The van der Waals surface area contributed by atoms with Crippen LogP contribution < -0.4 is 38.3 Å². The molecule has 7 rings (SSSR count). The van der Waals surface area contributed by atoms with Crippen LogP contribution in [0.2, 0.25) is 0 Å². The number of hydrogen-bond acceptors (Lipinski definition) is 12. The minimum Gasteiger partial charge on any atom is -0.394 e. The molecule has 17 heteroatoms. The molecule has 6 N–H and O–H groups in total. The third kappa shape index (κ3) is 5.39. The van der Waals surface area contributed by atoms with Crippen molar-refractivity contribution >= 4 is 29.0 Å². The minimum atomic E-state index is -0.787.